The molecule has 0 saturated carbocycles. The van der Waals surface area contributed by atoms with Crippen molar-refractivity contribution in [1.82, 2.24) is 0 Å². The first-order valence-electron chi connectivity index (χ1n) is 6.37. The van der Waals surface area contributed by atoms with Gasteiger partial charge < -0.3 is 9.47 Å². The van der Waals surface area contributed by atoms with Crippen LogP contribution in [0.25, 0.3) is 0 Å². The fourth-order valence-electron chi connectivity index (χ4n) is 1.52. The highest BCUT2D eigenvalue weighted by molar-refractivity contribution is 7.89. The predicted octanol–water partition coefficient (Wildman–Crippen LogP) is 1.69. The Morgan fingerprint density at radius 1 is 1.30 bits per heavy atom. The molecule has 0 aliphatic carbocycles. The van der Waals surface area contributed by atoms with Crippen LogP contribution in [0.15, 0.2) is 23.1 Å². The maximum atomic E-state index is 11.6. The number of ether oxygens (including phenoxy) is 2. The summed E-state index contributed by atoms with van der Waals surface area (Å²) in [5.41, 5.74) is 0.124. The molecule has 2 N–H and O–H groups in total. The number of hydrogen-bond acceptors (Lipinski definition) is 5. The second kappa shape index (κ2) is 7.25. The minimum Gasteiger partial charge on any atom is -0.492 e. The smallest absolute Gasteiger partial charge is 0.338 e. The second-order valence-electron chi connectivity index (χ2n) is 4.13. The Bertz CT molecular complexity index is 568. The molecule has 6 nitrogen and oxygen atoms in total. The third-order valence-electron chi connectivity index (χ3n) is 2.52. The van der Waals surface area contributed by atoms with Crippen LogP contribution in [0.3, 0.4) is 0 Å². The van der Waals surface area contributed by atoms with E-state index in [0.29, 0.717) is 6.61 Å². The zero-order valence-electron chi connectivity index (χ0n) is 11.6. The van der Waals surface area contributed by atoms with Gasteiger partial charge in [0.25, 0.3) is 0 Å². The Morgan fingerprint density at radius 2 is 2.00 bits per heavy atom. The maximum Gasteiger partial charge on any atom is 0.338 e. The van der Waals surface area contributed by atoms with Gasteiger partial charge in [0.2, 0.25) is 10.0 Å². The Balaban J connectivity index is 3.11. The van der Waals surface area contributed by atoms with Crippen molar-refractivity contribution in [3.63, 3.8) is 0 Å². The molecule has 0 saturated heterocycles. The molecule has 0 aliphatic heterocycles. The molecule has 1 aromatic carbocycles. The van der Waals surface area contributed by atoms with Gasteiger partial charge >= 0.3 is 5.97 Å². The summed E-state index contributed by atoms with van der Waals surface area (Å²) >= 11 is 0. The number of carbonyl (C=O) groups is 1. The summed E-state index contributed by atoms with van der Waals surface area (Å²) in [7, 11) is -3.97. The van der Waals surface area contributed by atoms with E-state index < -0.39 is 16.0 Å². The van der Waals surface area contributed by atoms with Gasteiger partial charge in [-0.1, -0.05) is 13.3 Å². The van der Waals surface area contributed by atoms with Crippen LogP contribution in [0, 0.1) is 0 Å². The Morgan fingerprint density at radius 3 is 2.55 bits per heavy atom. The lowest BCUT2D eigenvalue weighted by atomic mass is 10.2. The molecule has 0 spiro atoms. The van der Waals surface area contributed by atoms with E-state index in [1.54, 1.807) is 6.92 Å². The molecule has 0 fully saturated rings. The van der Waals surface area contributed by atoms with Gasteiger partial charge in [-0.25, -0.2) is 18.4 Å². The molecule has 0 atom stereocenters. The number of benzene rings is 1. The van der Waals surface area contributed by atoms with Crippen LogP contribution in [0.2, 0.25) is 0 Å². The van der Waals surface area contributed by atoms with Crippen molar-refractivity contribution in [3.8, 4) is 5.75 Å². The van der Waals surface area contributed by atoms with Crippen molar-refractivity contribution in [3.05, 3.63) is 23.8 Å². The van der Waals surface area contributed by atoms with Gasteiger partial charge in [0.15, 0.2) is 0 Å². The number of rotatable bonds is 7. The standard InChI is InChI=1S/C13H19NO5S/c1-3-5-8-19-11-7-6-10(13(15)18-4-2)9-12(11)20(14,16)17/h6-7,9H,3-5,8H2,1-2H3,(H2,14,16,17). The molecular weight excluding hydrogens is 282 g/mol. The van der Waals surface area contributed by atoms with Gasteiger partial charge in [0.1, 0.15) is 10.6 Å². The van der Waals surface area contributed by atoms with E-state index in [2.05, 4.69) is 0 Å². The molecule has 1 aromatic rings. The zero-order valence-corrected chi connectivity index (χ0v) is 12.4. The lowest BCUT2D eigenvalue weighted by Crippen LogP contribution is -2.16. The number of carbonyl (C=O) groups excluding carboxylic acids is 1. The molecule has 0 amide bonds. The Kier molecular flexibility index (Phi) is 5.97. The molecule has 1 rings (SSSR count). The second-order valence-corrected chi connectivity index (χ2v) is 5.66. The third-order valence-corrected chi connectivity index (χ3v) is 3.45. The van der Waals surface area contributed by atoms with Crippen LogP contribution in [0.5, 0.6) is 5.75 Å². The van der Waals surface area contributed by atoms with Crippen LogP contribution in [-0.4, -0.2) is 27.6 Å². The summed E-state index contributed by atoms with van der Waals surface area (Å²) in [6, 6.07) is 4.05. The van der Waals surface area contributed by atoms with E-state index in [4.69, 9.17) is 14.6 Å². The molecular formula is C13H19NO5S. The topological polar surface area (TPSA) is 95.7 Å². The number of nitrogens with two attached hydrogens (primary N) is 1. The first-order chi connectivity index (χ1) is 9.40. The lowest BCUT2D eigenvalue weighted by Gasteiger charge is -2.11. The third kappa shape index (κ3) is 4.50. The number of esters is 1. The highest BCUT2D eigenvalue weighted by Crippen LogP contribution is 2.24. The van der Waals surface area contributed by atoms with Crippen molar-refractivity contribution in [2.75, 3.05) is 13.2 Å². The molecule has 0 heterocycles. The van der Waals surface area contributed by atoms with Crippen LogP contribution in [0.1, 0.15) is 37.0 Å². The van der Waals surface area contributed by atoms with E-state index in [9.17, 15) is 13.2 Å². The van der Waals surface area contributed by atoms with E-state index >= 15 is 0 Å². The highest BCUT2D eigenvalue weighted by Gasteiger charge is 2.19. The van der Waals surface area contributed by atoms with Crippen LogP contribution < -0.4 is 9.88 Å². The number of primary sulfonamides is 1. The van der Waals surface area contributed by atoms with Crippen LogP contribution in [-0.2, 0) is 14.8 Å². The summed E-state index contributed by atoms with van der Waals surface area (Å²) in [5, 5.41) is 5.14. The van der Waals surface area contributed by atoms with Crippen LogP contribution in [0.4, 0.5) is 0 Å². The number of sulfonamides is 1. The molecule has 7 heteroatoms. The largest absolute Gasteiger partial charge is 0.492 e. The zero-order chi connectivity index (χ0) is 15.2. The van der Waals surface area contributed by atoms with Gasteiger partial charge in [-0.05, 0) is 31.5 Å². The van der Waals surface area contributed by atoms with Crippen molar-refractivity contribution in [1.29, 1.82) is 0 Å². The van der Waals surface area contributed by atoms with Gasteiger partial charge in [-0.3, -0.25) is 0 Å². The highest BCUT2D eigenvalue weighted by atomic mass is 32.2. The first kappa shape index (κ1) is 16.5. The predicted molar refractivity (Wildman–Crippen MR) is 74.2 cm³/mol. The average Bonchev–Trinajstić information content (AvgIpc) is 2.38. The normalized spacial score (nSPS) is 11.2. The molecule has 0 aromatic heterocycles. The summed E-state index contributed by atoms with van der Waals surface area (Å²) in [6.07, 6.45) is 1.72. The minimum absolute atomic E-state index is 0.124. The van der Waals surface area contributed by atoms with Gasteiger partial charge in [-0.2, -0.15) is 0 Å². The SMILES string of the molecule is CCCCOc1ccc(C(=O)OCC)cc1S(N)(=O)=O. The van der Waals surface area contributed by atoms with Crippen molar-refractivity contribution in [2.45, 2.75) is 31.6 Å². The fourth-order valence-corrected chi connectivity index (χ4v) is 2.22. The van der Waals surface area contributed by atoms with E-state index in [1.807, 2.05) is 6.92 Å². The van der Waals surface area contributed by atoms with Crippen molar-refractivity contribution >= 4 is 16.0 Å². The molecule has 112 valence electrons. The molecule has 0 aliphatic rings. The van der Waals surface area contributed by atoms with E-state index in [-0.39, 0.29) is 22.8 Å². The Labute approximate surface area is 118 Å². The number of hydrogen-bond donors (Lipinski definition) is 1. The van der Waals surface area contributed by atoms with E-state index in [1.165, 1.54) is 18.2 Å². The van der Waals surface area contributed by atoms with Crippen molar-refractivity contribution in [2.24, 2.45) is 5.14 Å². The number of unbranched alkanes of at least 4 members (excludes halogenated alkanes) is 1. The first-order valence-corrected chi connectivity index (χ1v) is 7.91. The monoisotopic (exact) mass is 301 g/mol. The molecule has 0 bridgehead atoms. The average molecular weight is 301 g/mol. The molecule has 20 heavy (non-hydrogen) atoms. The molecule has 0 unspecified atom stereocenters. The van der Waals surface area contributed by atoms with E-state index in [0.717, 1.165) is 12.8 Å². The quantitative estimate of drug-likeness (QED) is 0.610. The maximum absolute atomic E-state index is 11.6. The lowest BCUT2D eigenvalue weighted by molar-refractivity contribution is 0.0526. The van der Waals surface area contributed by atoms with Crippen molar-refractivity contribution < 1.29 is 22.7 Å². The van der Waals surface area contributed by atoms with Gasteiger partial charge in [0, 0.05) is 0 Å². The van der Waals surface area contributed by atoms with Gasteiger partial charge in [0.05, 0.1) is 18.8 Å². The Hall–Kier alpha value is -1.60. The summed E-state index contributed by atoms with van der Waals surface area (Å²) in [6.45, 7) is 4.25. The fraction of sp³-hybridized carbons (Fsp3) is 0.462. The van der Waals surface area contributed by atoms with Gasteiger partial charge in [-0.15, -0.1) is 0 Å². The summed E-state index contributed by atoms with van der Waals surface area (Å²) in [4.78, 5) is 11.4. The molecule has 0 radical (unpaired) electrons. The minimum atomic E-state index is -3.97. The van der Waals surface area contributed by atoms with Crippen LogP contribution >= 0.6 is 0 Å². The summed E-state index contributed by atoms with van der Waals surface area (Å²) in [5.74, 6) is -0.452. The summed E-state index contributed by atoms with van der Waals surface area (Å²) < 4.78 is 33.3.